The van der Waals surface area contributed by atoms with Crippen molar-refractivity contribution in [2.45, 2.75) is 6.54 Å². The smallest absolute Gasteiger partial charge is 0.139 e. The summed E-state index contributed by atoms with van der Waals surface area (Å²) < 4.78 is 2.14. The first-order valence-corrected chi connectivity index (χ1v) is 5.66. The zero-order valence-electron chi connectivity index (χ0n) is 7.73. The first-order valence-electron chi connectivity index (χ1n) is 4.54. The van der Waals surface area contributed by atoms with Gasteiger partial charge in [-0.3, -0.25) is 0 Å². The van der Waals surface area contributed by atoms with E-state index in [9.17, 15) is 0 Å². The maximum absolute atomic E-state index is 4.35. The highest BCUT2D eigenvalue weighted by atomic mass is 79.9. The number of hydrogen-bond acceptors (Lipinski definition) is 1. The fourth-order valence-corrected chi connectivity index (χ4v) is 1.81. The molecule has 1 aromatic heterocycles. The molecule has 0 saturated heterocycles. The maximum Gasteiger partial charge on any atom is 0.139 e. The summed E-state index contributed by atoms with van der Waals surface area (Å²) in [6, 6.07) is 10.2. The van der Waals surface area contributed by atoms with E-state index in [4.69, 9.17) is 0 Å². The van der Waals surface area contributed by atoms with Crippen LogP contribution in [0.2, 0.25) is 0 Å². The van der Waals surface area contributed by atoms with E-state index in [1.54, 1.807) is 0 Å². The summed E-state index contributed by atoms with van der Waals surface area (Å²) in [4.78, 5) is 4.35. The van der Waals surface area contributed by atoms with E-state index in [-0.39, 0.29) is 0 Å². The van der Waals surface area contributed by atoms with E-state index in [0.29, 0.717) is 0 Å². The van der Waals surface area contributed by atoms with Gasteiger partial charge in [-0.25, -0.2) is 4.98 Å². The Morgan fingerprint density at radius 2 is 2.00 bits per heavy atom. The average Bonchev–Trinajstić information content (AvgIpc) is 2.68. The SMILES string of the molecule is BrCCn1ccnc1-c1ccccc1. The molecule has 1 aromatic carbocycles. The van der Waals surface area contributed by atoms with Crippen LogP contribution in [-0.4, -0.2) is 14.9 Å². The molecule has 0 fully saturated rings. The Morgan fingerprint density at radius 3 is 2.71 bits per heavy atom. The molecule has 0 spiro atoms. The Bertz CT molecular complexity index is 395. The predicted octanol–water partition coefficient (Wildman–Crippen LogP) is 2.95. The Morgan fingerprint density at radius 1 is 1.21 bits per heavy atom. The number of imidazole rings is 1. The van der Waals surface area contributed by atoms with E-state index in [2.05, 4.69) is 37.6 Å². The van der Waals surface area contributed by atoms with E-state index < -0.39 is 0 Å². The lowest BCUT2D eigenvalue weighted by Gasteiger charge is -2.04. The maximum atomic E-state index is 4.35. The molecule has 3 heteroatoms. The van der Waals surface area contributed by atoms with Crippen molar-refractivity contribution >= 4 is 15.9 Å². The number of hydrogen-bond donors (Lipinski definition) is 0. The highest BCUT2D eigenvalue weighted by molar-refractivity contribution is 9.09. The number of benzene rings is 1. The Hall–Kier alpha value is -1.09. The Kier molecular flexibility index (Phi) is 2.99. The Balaban J connectivity index is 2.37. The van der Waals surface area contributed by atoms with Crippen LogP contribution in [0.25, 0.3) is 11.4 Å². The molecule has 0 saturated carbocycles. The van der Waals surface area contributed by atoms with Crippen molar-refractivity contribution < 1.29 is 0 Å². The summed E-state index contributed by atoms with van der Waals surface area (Å²) in [5.74, 6) is 1.03. The van der Waals surface area contributed by atoms with Gasteiger partial charge in [-0.1, -0.05) is 46.3 Å². The molecule has 2 nitrogen and oxygen atoms in total. The van der Waals surface area contributed by atoms with Crippen LogP contribution in [0.3, 0.4) is 0 Å². The molecule has 0 aliphatic rings. The third-order valence-corrected chi connectivity index (χ3v) is 2.43. The minimum absolute atomic E-state index is 0.948. The van der Waals surface area contributed by atoms with Crippen LogP contribution >= 0.6 is 15.9 Å². The van der Waals surface area contributed by atoms with Gasteiger partial charge in [-0.15, -0.1) is 0 Å². The molecule has 2 aromatic rings. The van der Waals surface area contributed by atoms with E-state index in [0.717, 1.165) is 17.7 Å². The molecule has 0 aliphatic carbocycles. The van der Waals surface area contributed by atoms with Crippen LogP contribution in [0.4, 0.5) is 0 Å². The minimum Gasteiger partial charge on any atom is -0.330 e. The largest absolute Gasteiger partial charge is 0.330 e. The average molecular weight is 251 g/mol. The zero-order valence-corrected chi connectivity index (χ0v) is 9.31. The normalized spacial score (nSPS) is 10.4. The van der Waals surface area contributed by atoms with Gasteiger partial charge < -0.3 is 4.57 Å². The number of aromatic nitrogens is 2. The van der Waals surface area contributed by atoms with Gasteiger partial charge >= 0.3 is 0 Å². The summed E-state index contributed by atoms with van der Waals surface area (Å²) in [5.41, 5.74) is 1.17. The van der Waals surface area contributed by atoms with Crippen molar-refractivity contribution in [1.82, 2.24) is 9.55 Å². The molecule has 72 valence electrons. The number of nitrogens with zero attached hydrogens (tertiary/aromatic N) is 2. The molecular formula is C11H11BrN2. The predicted molar refractivity (Wildman–Crippen MR) is 61.5 cm³/mol. The van der Waals surface area contributed by atoms with Gasteiger partial charge in [0.15, 0.2) is 0 Å². The summed E-state index contributed by atoms with van der Waals surface area (Å²) in [6.45, 7) is 0.949. The van der Waals surface area contributed by atoms with Gasteiger partial charge in [0.1, 0.15) is 5.82 Å². The molecule has 1 heterocycles. The molecule has 14 heavy (non-hydrogen) atoms. The lowest BCUT2D eigenvalue weighted by molar-refractivity contribution is 0.784. The molecule has 0 atom stereocenters. The second-order valence-electron chi connectivity index (χ2n) is 3.00. The highest BCUT2D eigenvalue weighted by Crippen LogP contribution is 2.16. The summed E-state index contributed by atoms with van der Waals surface area (Å²) in [5, 5.41) is 0.948. The lowest BCUT2D eigenvalue weighted by atomic mass is 10.2. The van der Waals surface area contributed by atoms with Crippen molar-refractivity contribution in [3.8, 4) is 11.4 Å². The summed E-state index contributed by atoms with van der Waals surface area (Å²) in [7, 11) is 0. The molecule has 0 N–H and O–H groups in total. The van der Waals surface area contributed by atoms with Gasteiger partial charge in [0.2, 0.25) is 0 Å². The van der Waals surface area contributed by atoms with Crippen molar-refractivity contribution in [1.29, 1.82) is 0 Å². The second kappa shape index (κ2) is 4.42. The third kappa shape index (κ3) is 1.87. The van der Waals surface area contributed by atoms with Crippen LogP contribution in [0.15, 0.2) is 42.7 Å². The number of alkyl halides is 1. The molecular weight excluding hydrogens is 240 g/mol. The van der Waals surface area contributed by atoms with Crippen molar-refractivity contribution in [3.05, 3.63) is 42.7 Å². The van der Waals surface area contributed by atoms with E-state index in [1.807, 2.05) is 30.6 Å². The van der Waals surface area contributed by atoms with Gasteiger partial charge in [0.25, 0.3) is 0 Å². The first-order chi connectivity index (χ1) is 6.92. The minimum atomic E-state index is 0.948. The van der Waals surface area contributed by atoms with E-state index in [1.165, 1.54) is 5.56 Å². The molecule has 0 aliphatic heterocycles. The van der Waals surface area contributed by atoms with Crippen LogP contribution in [0.5, 0.6) is 0 Å². The van der Waals surface area contributed by atoms with Gasteiger partial charge in [0.05, 0.1) is 0 Å². The van der Waals surface area contributed by atoms with Crippen LogP contribution in [-0.2, 0) is 6.54 Å². The van der Waals surface area contributed by atoms with Crippen LogP contribution in [0.1, 0.15) is 0 Å². The molecule has 0 bridgehead atoms. The molecule has 0 unspecified atom stereocenters. The van der Waals surface area contributed by atoms with Crippen molar-refractivity contribution in [3.63, 3.8) is 0 Å². The van der Waals surface area contributed by atoms with Gasteiger partial charge in [-0.2, -0.15) is 0 Å². The zero-order chi connectivity index (χ0) is 9.80. The van der Waals surface area contributed by atoms with Crippen LogP contribution in [0, 0.1) is 0 Å². The lowest BCUT2D eigenvalue weighted by Crippen LogP contribution is -1.99. The molecule has 0 amide bonds. The number of halogens is 1. The number of aryl methyl sites for hydroxylation is 1. The highest BCUT2D eigenvalue weighted by Gasteiger charge is 2.03. The quantitative estimate of drug-likeness (QED) is 0.767. The fraction of sp³-hybridized carbons (Fsp3) is 0.182. The van der Waals surface area contributed by atoms with E-state index >= 15 is 0 Å². The monoisotopic (exact) mass is 250 g/mol. The van der Waals surface area contributed by atoms with Crippen LogP contribution < -0.4 is 0 Å². The third-order valence-electron chi connectivity index (χ3n) is 2.07. The first kappa shape index (κ1) is 9.46. The Labute approximate surface area is 91.7 Å². The summed E-state index contributed by atoms with van der Waals surface area (Å²) in [6.07, 6.45) is 3.84. The molecule has 0 radical (unpaired) electrons. The van der Waals surface area contributed by atoms with Gasteiger partial charge in [-0.05, 0) is 0 Å². The topological polar surface area (TPSA) is 17.8 Å². The van der Waals surface area contributed by atoms with Crippen molar-refractivity contribution in [2.24, 2.45) is 0 Å². The standard InChI is InChI=1S/C11H11BrN2/c12-6-8-14-9-7-13-11(14)10-4-2-1-3-5-10/h1-5,7,9H,6,8H2. The second-order valence-corrected chi connectivity index (χ2v) is 3.79. The van der Waals surface area contributed by atoms with Crippen molar-refractivity contribution in [2.75, 3.05) is 5.33 Å². The molecule has 2 rings (SSSR count). The van der Waals surface area contributed by atoms with Gasteiger partial charge in [0, 0.05) is 29.8 Å². The summed E-state index contributed by atoms with van der Waals surface area (Å²) >= 11 is 3.43. The number of rotatable bonds is 3. The fourth-order valence-electron chi connectivity index (χ4n) is 1.43.